The standard InChI is InChI=1S/C17H27N3O4S/c1-12-6-7-14(25(22,23)19-8-9-24-2)10-15(12)17(21)20-16-5-3-4-13(16)11-18/h6-7,10,13,16,19H,3-5,8-9,11,18H2,1-2H3,(H,20,21). The maximum Gasteiger partial charge on any atom is 0.251 e. The van der Waals surface area contributed by atoms with Crippen LogP contribution in [0, 0.1) is 12.8 Å². The second-order valence-corrected chi connectivity index (χ2v) is 8.14. The van der Waals surface area contributed by atoms with Crippen LogP contribution >= 0.6 is 0 Å². The van der Waals surface area contributed by atoms with Gasteiger partial charge in [-0.05, 0) is 49.9 Å². The Labute approximate surface area is 149 Å². The van der Waals surface area contributed by atoms with Crippen molar-refractivity contribution in [3.63, 3.8) is 0 Å². The lowest BCUT2D eigenvalue weighted by Gasteiger charge is -2.20. The first-order chi connectivity index (χ1) is 11.9. The van der Waals surface area contributed by atoms with Gasteiger partial charge in [-0.2, -0.15) is 0 Å². The molecular formula is C17H27N3O4S. The van der Waals surface area contributed by atoms with Gasteiger partial charge in [-0.3, -0.25) is 4.79 Å². The van der Waals surface area contributed by atoms with E-state index in [1.54, 1.807) is 13.0 Å². The highest BCUT2D eigenvalue weighted by Crippen LogP contribution is 2.25. The minimum Gasteiger partial charge on any atom is -0.383 e. The van der Waals surface area contributed by atoms with Crippen LogP contribution in [0.4, 0.5) is 0 Å². The van der Waals surface area contributed by atoms with Crippen LogP contribution in [0.25, 0.3) is 0 Å². The van der Waals surface area contributed by atoms with Crippen LogP contribution in [0.3, 0.4) is 0 Å². The van der Waals surface area contributed by atoms with E-state index < -0.39 is 10.0 Å². The topological polar surface area (TPSA) is 111 Å². The third kappa shape index (κ3) is 5.01. The number of benzene rings is 1. The number of sulfonamides is 1. The van der Waals surface area contributed by atoms with Crippen LogP contribution < -0.4 is 15.8 Å². The molecule has 2 atom stereocenters. The molecule has 2 rings (SSSR count). The summed E-state index contributed by atoms with van der Waals surface area (Å²) < 4.78 is 31.9. The first-order valence-corrected chi connectivity index (χ1v) is 9.97. The number of rotatable bonds is 8. The summed E-state index contributed by atoms with van der Waals surface area (Å²) in [7, 11) is -2.18. The maximum atomic E-state index is 12.6. The van der Waals surface area contributed by atoms with E-state index in [2.05, 4.69) is 10.0 Å². The van der Waals surface area contributed by atoms with Crippen molar-refractivity contribution < 1.29 is 17.9 Å². The van der Waals surface area contributed by atoms with Gasteiger partial charge in [0, 0.05) is 25.3 Å². The number of nitrogens with two attached hydrogens (primary N) is 1. The number of hydrogen-bond acceptors (Lipinski definition) is 5. The van der Waals surface area contributed by atoms with Crippen LogP contribution in [0.15, 0.2) is 23.1 Å². The zero-order valence-corrected chi connectivity index (χ0v) is 15.6. The first kappa shape index (κ1) is 19.8. The van der Waals surface area contributed by atoms with Gasteiger partial charge >= 0.3 is 0 Å². The molecule has 2 unspecified atom stereocenters. The molecule has 0 radical (unpaired) electrons. The first-order valence-electron chi connectivity index (χ1n) is 8.49. The molecule has 0 heterocycles. The average Bonchev–Trinajstić information content (AvgIpc) is 3.02. The lowest BCUT2D eigenvalue weighted by Crippen LogP contribution is -2.40. The molecule has 7 nitrogen and oxygen atoms in total. The summed E-state index contributed by atoms with van der Waals surface area (Å²) in [6, 6.07) is 4.62. The van der Waals surface area contributed by atoms with Gasteiger partial charge in [0.05, 0.1) is 11.5 Å². The summed E-state index contributed by atoms with van der Waals surface area (Å²) in [5, 5.41) is 3.01. The molecular weight excluding hydrogens is 342 g/mol. The Hall–Kier alpha value is -1.48. The van der Waals surface area contributed by atoms with Gasteiger partial charge in [-0.1, -0.05) is 12.5 Å². The number of ether oxygens (including phenoxy) is 1. The monoisotopic (exact) mass is 369 g/mol. The Morgan fingerprint density at radius 3 is 2.80 bits per heavy atom. The highest BCUT2D eigenvalue weighted by atomic mass is 32.2. The highest BCUT2D eigenvalue weighted by molar-refractivity contribution is 7.89. The molecule has 0 saturated heterocycles. The van der Waals surface area contributed by atoms with Crippen molar-refractivity contribution in [3.05, 3.63) is 29.3 Å². The Bertz CT molecular complexity index is 706. The lowest BCUT2D eigenvalue weighted by atomic mass is 10.0. The number of methoxy groups -OCH3 is 1. The molecule has 1 amide bonds. The second kappa shape index (κ2) is 8.75. The van der Waals surface area contributed by atoms with Crippen LogP contribution in [-0.2, 0) is 14.8 Å². The SMILES string of the molecule is COCCNS(=O)(=O)c1ccc(C)c(C(=O)NC2CCCC2CN)c1. The smallest absolute Gasteiger partial charge is 0.251 e. The molecule has 1 aromatic rings. The van der Waals surface area contributed by atoms with Gasteiger partial charge in [0.2, 0.25) is 10.0 Å². The average molecular weight is 369 g/mol. The third-order valence-electron chi connectivity index (χ3n) is 4.64. The van der Waals surface area contributed by atoms with Crippen LogP contribution in [0.2, 0.25) is 0 Å². The number of aryl methyl sites for hydroxylation is 1. The van der Waals surface area contributed by atoms with Crippen molar-refractivity contribution in [2.75, 3.05) is 26.8 Å². The summed E-state index contributed by atoms with van der Waals surface area (Å²) in [5.74, 6) is 0.0312. The Morgan fingerprint density at radius 1 is 1.36 bits per heavy atom. The van der Waals surface area contributed by atoms with E-state index in [0.717, 1.165) is 24.8 Å². The van der Waals surface area contributed by atoms with Crippen molar-refractivity contribution in [2.45, 2.75) is 37.1 Å². The van der Waals surface area contributed by atoms with Gasteiger partial charge in [-0.15, -0.1) is 0 Å². The molecule has 140 valence electrons. The van der Waals surface area contributed by atoms with Crippen LogP contribution in [-0.4, -0.2) is 47.2 Å². The number of carbonyl (C=O) groups is 1. The van der Waals surface area contributed by atoms with Crippen molar-refractivity contribution in [1.29, 1.82) is 0 Å². The quantitative estimate of drug-likeness (QED) is 0.587. The van der Waals surface area contributed by atoms with E-state index in [0.29, 0.717) is 12.1 Å². The fourth-order valence-corrected chi connectivity index (χ4v) is 4.17. The predicted molar refractivity (Wildman–Crippen MR) is 95.9 cm³/mol. The minimum absolute atomic E-state index is 0.0528. The van der Waals surface area contributed by atoms with E-state index >= 15 is 0 Å². The fraction of sp³-hybridized carbons (Fsp3) is 0.588. The van der Waals surface area contributed by atoms with Gasteiger partial charge in [0.1, 0.15) is 0 Å². The Kier molecular flexibility index (Phi) is 6.95. The van der Waals surface area contributed by atoms with E-state index in [-0.39, 0.29) is 35.9 Å². The van der Waals surface area contributed by atoms with Crippen molar-refractivity contribution >= 4 is 15.9 Å². The molecule has 1 aromatic carbocycles. The van der Waals surface area contributed by atoms with Gasteiger partial charge in [0.15, 0.2) is 0 Å². The summed E-state index contributed by atoms with van der Waals surface area (Å²) >= 11 is 0. The van der Waals surface area contributed by atoms with Crippen LogP contribution in [0.5, 0.6) is 0 Å². The third-order valence-corrected chi connectivity index (χ3v) is 6.10. The molecule has 1 saturated carbocycles. The predicted octanol–water partition coefficient (Wildman–Crippen LogP) is 0.777. The zero-order valence-electron chi connectivity index (χ0n) is 14.7. The van der Waals surface area contributed by atoms with Gasteiger partial charge in [-0.25, -0.2) is 13.1 Å². The maximum absolute atomic E-state index is 12.6. The molecule has 1 aliphatic rings. The number of hydrogen-bond donors (Lipinski definition) is 3. The van der Waals surface area contributed by atoms with Crippen molar-refractivity contribution in [2.24, 2.45) is 11.7 Å². The summed E-state index contributed by atoms with van der Waals surface area (Å²) in [4.78, 5) is 12.7. The van der Waals surface area contributed by atoms with E-state index in [9.17, 15) is 13.2 Å². The largest absolute Gasteiger partial charge is 0.383 e. The fourth-order valence-electron chi connectivity index (χ4n) is 3.13. The Morgan fingerprint density at radius 2 is 2.12 bits per heavy atom. The zero-order chi connectivity index (χ0) is 18.4. The molecule has 0 bridgehead atoms. The molecule has 0 aliphatic heterocycles. The number of amides is 1. The molecule has 25 heavy (non-hydrogen) atoms. The molecule has 1 fully saturated rings. The molecule has 8 heteroatoms. The number of carbonyl (C=O) groups excluding carboxylic acids is 1. The molecule has 4 N–H and O–H groups in total. The molecule has 0 aromatic heterocycles. The van der Waals surface area contributed by atoms with Crippen molar-refractivity contribution in [3.8, 4) is 0 Å². The van der Waals surface area contributed by atoms with Gasteiger partial charge in [0.25, 0.3) is 5.91 Å². The summed E-state index contributed by atoms with van der Waals surface area (Å²) in [6.45, 7) is 2.79. The molecule has 1 aliphatic carbocycles. The van der Waals surface area contributed by atoms with E-state index in [1.165, 1.54) is 19.2 Å². The highest BCUT2D eigenvalue weighted by Gasteiger charge is 2.28. The minimum atomic E-state index is -3.68. The van der Waals surface area contributed by atoms with Crippen LogP contribution in [0.1, 0.15) is 35.2 Å². The summed E-state index contributed by atoms with van der Waals surface area (Å²) in [5.41, 5.74) is 6.86. The Balaban J connectivity index is 2.16. The van der Waals surface area contributed by atoms with E-state index in [4.69, 9.17) is 10.5 Å². The number of nitrogens with one attached hydrogen (secondary N) is 2. The van der Waals surface area contributed by atoms with E-state index in [1.807, 2.05) is 0 Å². The molecule has 0 spiro atoms. The van der Waals surface area contributed by atoms with Crippen molar-refractivity contribution in [1.82, 2.24) is 10.0 Å². The van der Waals surface area contributed by atoms with Gasteiger partial charge < -0.3 is 15.8 Å². The lowest BCUT2D eigenvalue weighted by molar-refractivity contribution is 0.0928. The summed E-state index contributed by atoms with van der Waals surface area (Å²) in [6.07, 6.45) is 2.96. The second-order valence-electron chi connectivity index (χ2n) is 6.37. The normalized spacial score (nSPS) is 20.6.